The summed E-state index contributed by atoms with van der Waals surface area (Å²) in [6, 6.07) is 6.11. The van der Waals surface area contributed by atoms with E-state index in [1.165, 1.54) is 0 Å². The van der Waals surface area contributed by atoms with E-state index in [1.54, 1.807) is 4.68 Å². The molecule has 0 spiro atoms. The van der Waals surface area contributed by atoms with E-state index < -0.39 is 11.5 Å². The predicted molar refractivity (Wildman–Crippen MR) is 125 cm³/mol. The Morgan fingerprint density at radius 2 is 1.82 bits per heavy atom. The average molecular weight is 456 g/mol. The minimum atomic E-state index is -0.529. The van der Waals surface area contributed by atoms with Crippen molar-refractivity contribution in [3.8, 4) is 0 Å². The smallest absolute Gasteiger partial charge is 0.410 e. The maximum absolute atomic E-state index is 12.7. The quantitative estimate of drug-likeness (QED) is 0.700. The second-order valence-electron chi connectivity index (χ2n) is 10.2. The van der Waals surface area contributed by atoms with Crippen LogP contribution in [0.25, 0.3) is 10.9 Å². The van der Waals surface area contributed by atoms with Crippen molar-refractivity contribution >= 4 is 34.5 Å². The number of hydrogen-bond acceptors (Lipinski definition) is 6. The molecule has 0 saturated carbocycles. The van der Waals surface area contributed by atoms with Crippen LogP contribution in [-0.2, 0) is 21.4 Å². The van der Waals surface area contributed by atoms with Gasteiger partial charge in [-0.25, -0.2) is 4.79 Å². The highest BCUT2D eigenvalue weighted by molar-refractivity contribution is 6.02. The zero-order chi connectivity index (χ0) is 24.1. The first kappa shape index (κ1) is 23.1. The Labute approximate surface area is 194 Å². The lowest BCUT2D eigenvalue weighted by atomic mass is 9.92. The molecule has 2 fully saturated rings. The van der Waals surface area contributed by atoms with Gasteiger partial charge in [-0.05, 0) is 59.2 Å². The van der Waals surface area contributed by atoms with Gasteiger partial charge in [-0.15, -0.1) is 0 Å². The van der Waals surface area contributed by atoms with E-state index in [-0.39, 0.29) is 30.0 Å². The normalized spacial score (nSPS) is 24.2. The van der Waals surface area contributed by atoms with E-state index in [0.29, 0.717) is 31.6 Å². The number of piperazine rings is 1. The van der Waals surface area contributed by atoms with Crippen molar-refractivity contribution in [2.45, 2.75) is 71.1 Å². The Kier molecular flexibility index (Phi) is 5.84. The van der Waals surface area contributed by atoms with Crippen molar-refractivity contribution in [2.75, 3.05) is 18.0 Å². The molecule has 0 aliphatic carbocycles. The molecule has 9 heteroatoms. The molecule has 0 bridgehead atoms. The molecule has 2 aliphatic rings. The van der Waals surface area contributed by atoms with E-state index >= 15 is 0 Å². The number of nitrogens with zero attached hydrogens (tertiary/aromatic N) is 4. The molecule has 3 heterocycles. The highest BCUT2D eigenvalue weighted by Gasteiger charge is 2.36. The highest BCUT2D eigenvalue weighted by atomic mass is 16.6. The summed E-state index contributed by atoms with van der Waals surface area (Å²) in [6.07, 6.45) is 0.517. The zero-order valence-corrected chi connectivity index (χ0v) is 20.2. The summed E-state index contributed by atoms with van der Waals surface area (Å²) < 4.78 is 7.40. The summed E-state index contributed by atoms with van der Waals surface area (Å²) in [4.78, 5) is 40.7. The van der Waals surface area contributed by atoms with Gasteiger partial charge in [-0.3, -0.25) is 24.5 Å². The number of fused-ring (bicyclic) bond motifs is 1. The third kappa shape index (κ3) is 4.54. The number of benzene rings is 1. The SMILES string of the molecule is C[C@H]1CN(c2ccc3c(C4CCC(=O)NC4=O)nn(C)c3c2)C[C@H](C)N1C(=O)OC(C)(C)C. The number of hydrogen-bond donors (Lipinski definition) is 1. The van der Waals surface area contributed by atoms with Crippen LogP contribution >= 0.6 is 0 Å². The predicted octanol–water partition coefficient (Wildman–Crippen LogP) is 2.93. The molecule has 3 atom stereocenters. The monoisotopic (exact) mass is 455 g/mol. The molecular weight excluding hydrogens is 422 g/mol. The Balaban J connectivity index is 1.56. The van der Waals surface area contributed by atoms with Crippen molar-refractivity contribution in [1.82, 2.24) is 20.0 Å². The van der Waals surface area contributed by atoms with Crippen LogP contribution in [0.1, 0.15) is 59.1 Å². The van der Waals surface area contributed by atoms with Crippen molar-refractivity contribution < 1.29 is 19.1 Å². The summed E-state index contributed by atoms with van der Waals surface area (Å²) in [7, 11) is 1.87. The topological polar surface area (TPSA) is 96.8 Å². The summed E-state index contributed by atoms with van der Waals surface area (Å²) in [5.74, 6) is -0.932. The fraction of sp³-hybridized carbons (Fsp3) is 0.583. The number of imide groups is 1. The van der Waals surface area contributed by atoms with Crippen molar-refractivity contribution in [1.29, 1.82) is 0 Å². The number of carbonyl (C=O) groups excluding carboxylic acids is 3. The summed E-state index contributed by atoms with van der Waals surface area (Å²) in [6.45, 7) is 11.1. The van der Waals surface area contributed by atoms with E-state index in [4.69, 9.17) is 4.74 Å². The van der Waals surface area contributed by atoms with Crippen molar-refractivity contribution in [3.05, 3.63) is 23.9 Å². The van der Waals surface area contributed by atoms with Gasteiger partial charge in [0.1, 0.15) is 5.60 Å². The van der Waals surface area contributed by atoms with Crippen LogP contribution in [0.15, 0.2) is 18.2 Å². The lowest BCUT2D eigenvalue weighted by Crippen LogP contribution is -2.59. The fourth-order valence-electron chi connectivity index (χ4n) is 4.89. The van der Waals surface area contributed by atoms with Gasteiger partial charge in [-0.2, -0.15) is 5.10 Å². The number of amides is 3. The van der Waals surface area contributed by atoms with Crippen molar-refractivity contribution in [2.24, 2.45) is 7.05 Å². The summed E-state index contributed by atoms with van der Waals surface area (Å²) >= 11 is 0. The largest absolute Gasteiger partial charge is 0.444 e. The van der Waals surface area contributed by atoms with Gasteiger partial charge in [0, 0.05) is 37.6 Å². The third-order valence-electron chi connectivity index (χ3n) is 6.32. The minimum absolute atomic E-state index is 0.00938. The fourth-order valence-corrected chi connectivity index (χ4v) is 4.89. The van der Waals surface area contributed by atoms with Gasteiger partial charge in [0.15, 0.2) is 0 Å². The first-order chi connectivity index (χ1) is 15.4. The van der Waals surface area contributed by atoms with Crippen LogP contribution < -0.4 is 10.2 Å². The number of carbonyl (C=O) groups is 3. The molecule has 33 heavy (non-hydrogen) atoms. The van der Waals surface area contributed by atoms with Gasteiger partial charge in [0.05, 0.1) is 29.2 Å². The molecule has 1 aromatic carbocycles. The van der Waals surface area contributed by atoms with Gasteiger partial charge in [-0.1, -0.05) is 0 Å². The summed E-state index contributed by atoms with van der Waals surface area (Å²) in [5.41, 5.74) is 2.16. The standard InChI is InChI=1S/C24H33N5O4/c1-14-12-28(13-15(2)29(14)23(32)33-24(3,4)5)16-7-8-17-19(11-16)27(6)26-21(17)18-9-10-20(30)25-22(18)31/h7-8,11,14-15,18H,9-10,12-13H2,1-6H3,(H,25,30,31)/t14-,15-,18?/m0/s1. The number of rotatable bonds is 2. The van der Waals surface area contributed by atoms with Crippen LogP contribution in [0, 0.1) is 0 Å². The van der Waals surface area contributed by atoms with Gasteiger partial charge in [0.2, 0.25) is 11.8 Å². The molecule has 0 radical (unpaired) electrons. The number of anilines is 1. The van der Waals surface area contributed by atoms with Gasteiger partial charge in [0.25, 0.3) is 0 Å². The maximum Gasteiger partial charge on any atom is 0.410 e. The first-order valence-corrected chi connectivity index (χ1v) is 11.5. The molecule has 1 aromatic heterocycles. The molecule has 9 nitrogen and oxygen atoms in total. The lowest BCUT2D eigenvalue weighted by Gasteiger charge is -2.45. The number of ether oxygens (including phenoxy) is 1. The zero-order valence-electron chi connectivity index (χ0n) is 20.2. The van der Waals surface area contributed by atoms with Crippen molar-refractivity contribution in [3.63, 3.8) is 0 Å². The second-order valence-corrected chi connectivity index (χ2v) is 10.2. The van der Waals surface area contributed by atoms with Crippen LogP contribution in [0.2, 0.25) is 0 Å². The Morgan fingerprint density at radius 3 is 2.42 bits per heavy atom. The van der Waals surface area contributed by atoms with E-state index in [0.717, 1.165) is 16.6 Å². The molecule has 2 saturated heterocycles. The van der Waals surface area contributed by atoms with Gasteiger partial charge >= 0.3 is 6.09 Å². The third-order valence-corrected chi connectivity index (χ3v) is 6.32. The summed E-state index contributed by atoms with van der Waals surface area (Å²) in [5, 5.41) is 7.98. The van der Waals surface area contributed by atoms with Crippen LogP contribution in [0.3, 0.4) is 0 Å². The van der Waals surface area contributed by atoms with Crippen LogP contribution in [0.5, 0.6) is 0 Å². The number of aryl methyl sites for hydroxylation is 1. The highest BCUT2D eigenvalue weighted by Crippen LogP contribution is 2.33. The number of nitrogens with one attached hydrogen (secondary N) is 1. The maximum atomic E-state index is 12.7. The molecule has 2 aromatic rings. The minimum Gasteiger partial charge on any atom is -0.444 e. The molecule has 3 amide bonds. The number of aromatic nitrogens is 2. The molecular formula is C24H33N5O4. The molecule has 2 aliphatic heterocycles. The van der Waals surface area contributed by atoms with Crippen LogP contribution in [0.4, 0.5) is 10.5 Å². The van der Waals surface area contributed by atoms with Crippen LogP contribution in [-0.4, -0.2) is 63.4 Å². The van der Waals surface area contributed by atoms with E-state index in [9.17, 15) is 14.4 Å². The lowest BCUT2D eigenvalue weighted by molar-refractivity contribution is -0.134. The Hall–Kier alpha value is -3.10. The van der Waals surface area contributed by atoms with E-state index in [2.05, 4.69) is 21.4 Å². The first-order valence-electron chi connectivity index (χ1n) is 11.5. The molecule has 4 rings (SSSR count). The Morgan fingerprint density at radius 1 is 1.15 bits per heavy atom. The van der Waals surface area contributed by atoms with E-state index in [1.807, 2.05) is 58.7 Å². The Bertz CT molecular complexity index is 1090. The molecule has 1 unspecified atom stereocenters. The van der Waals surface area contributed by atoms with Gasteiger partial charge < -0.3 is 9.64 Å². The average Bonchev–Trinajstić information content (AvgIpc) is 3.02. The molecule has 1 N–H and O–H groups in total. The second kappa shape index (κ2) is 8.35. The molecule has 178 valence electrons. The number of piperidine rings is 1.